The van der Waals surface area contributed by atoms with E-state index in [1.807, 2.05) is 13.8 Å². The van der Waals surface area contributed by atoms with Gasteiger partial charge in [-0.05, 0) is 64.2 Å². The van der Waals surface area contributed by atoms with Gasteiger partial charge in [-0.25, -0.2) is 0 Å². The zero-order valence-electron chi connectivity index (χ0n) is 50.4. The molecule has 0 unspecified atom stereocenters. The van der Waals surface area contributed by atoms with Crippen molar-refractivity contribution < 1.29 is 93.0 Å². The predicted molar refractivity (Wildman–Crippen MR) is 306 cm³/mol. The fourth-order valence-electron chi connectivity index (χ4n) is 7.26. The Morgan fingerprint density at radius 3 is 1.01 bits per heavy atom. The minimum Gasteiger partial charge on any atom is -0.668 e. The van der Waals surface area contributed by atoms with E-state index in [0.717, 1.165) is 37.0 Å². The number of nitrogens with one attached hydrogen (secondary N) is 6. The van der Waals surface area contributed by atoms with E-state index < -0.39 is 17.7 Å². The number of unbranched alkanes of at least 4 members (excludes halogenated alkanes) is 7. The van der Waals surface area contributed by atoms with Gasteiger partial charge in [-0.1, -0.05) is 47.0 Å². The first kappa shape index (κ1) is 82.4. The molecule has 0 fully saturated rings. The molecule has 468 valence electrons. The normalized spacial score (nSPS) is 10.1. The van der Waals surface area contributed by atoms with E-state index in [4.69, 9.17) is 5.73 Å². The first-order chi connectivity index (χ1) is 38.5. The molecule has 0 atom stereocenters. The van der Waals surface area contributed by atoms with Crippen LogP contribution in [0.2, 0.25) is 0 Å². The maximum atomic E-state index is 12.9. The quantitative estimate of drug-likeness (QED) is 0.0535. The molecule has 0 radical (unpaired) electrons. The number of ketones is 6. The van der Waals surface area contributed by atoms with Crippen molar-refractivity contribution in [2.75, 3.05) is 74.0 Å². The number of carbonyl (C=O) groups excluding carboxylic acids is 15. The molecule has 24 nitrogen and oxygen atoms in total. The summed E-state index contributed by atoms with van der Waals surface area (Å²) in [5, 5.41) is 12.7. The number of likely N-dealkylation sites (N-methyl/N-ethyl adjacent to an activating group) is 2. The Kier molecular flexibility index (Phi) is 54.5. The van der Waals surface area contributed by atoms with Gasteiger partial charge < -0.3 is 51.8 Å². The van der Waals surface area contributed by atoms with Crippen LogP contribution in [0.25, 0.3) is 5.73 Å². The maximum absolute atomic E-state index is 12.9. The van der Waals surface area contributed by atoms with Crippen molar-refractivity contribution in [3.05, 3.63) is 5.73 Å². The van der Waals surface area contributed by atoms with Crippen molar-refractivity contribution in [3.8, 4) is 0 Å². The van der Waals surface area contributed by atoms with Crippen LogP contribution in [0.5, 0.6) is 0 Å². The monoisotopic (exact) mass is 1330 g/mol. The van der Waals surface area contributed by atoms with Crippen LogP contribution in [-0.2, 0) is 93.0 Å². The minimum atomic E-state index is -0.650. The molecule has 0 aliphatic rings. The molecule has 0 saturated carbocycles. The average molecular weight is 1330 g/mol. The summed E-state index contributed by atoms with van der Waals surface area (Å²) in [5.41, 5.74) is 6.76. The van der Waals surface area contributed by atoms with Gasteiger partial charge in [-0.2, -0.15) is 0 Å². The van der Waals surface area contributed by atoms with Gasteiger partial charge in [-0.3, -0.25) is 67.1 Å². The smallest absolute Gasteiger partial charge is 0.239 e. The molecule has 0 rings (SSSR count). The fraction of sp³-hybridized carbons (Fsp3) is 0.737. The Morgan fingerprint density at radius 2 is 0.622 bits per heavy atom. The summed E-state index contributed by atoms with van der Waals surface area (Å²) in [4.78, 5) is 179. The van der Waals surface area contributed by atoms with E-state index in [9.17, 15) is 71.9 Å². The van der Waals surface area contributed by atoms with Crippen molar-refractivity contribution in [3.63, 3.8) is 0 Å². The maximum Gasteiger partial charge on any atom is 0.239 e. The third kappa shape index (κ3) is 49.7. The van der Waals surface area contributed by atoms with Gasteiger partial charge in [-0.15, -0.1) is 0 Å². The van der Waals surface area contributed by atoms with Gasteiger partial charge in [0.05, 0.1) is 39.3 Å². The molecule has 25 heteroatoms. The molecular weight excluding hydrogens is 1230 g/mol. The molecule has 0 aromatic carbocycles. The summed E-state index contributed by atoms with van der Waals surface area (Å²) in [6, 6.07) is 0. The van der Waals surface area contributed by atoms with Gasteiger partial charge in [0.1, 0.15) is 17.3 Å². The van der Waals surface area contributed by atoms with E-state index >= 15 is 0 Å². The number of hydrogen-bond acceptors (Lipinski definition) is 15. The minimum absolute atomic E-state index is 0. The van der Waals surface area contributed by atoms with Gasteiger partial charge in [0, 0.05) is 152 Å². The second-order valence-corrected chi connectivity index (χ2v) is 19.4. The summed E-state index contributed by atoms with van der Waals surface area (Å²) >= 11 is 0. The molecule has 0 bridgehead atoms. The van der Waals surface area contributed by atoms with E-state index in [0.29, 0.717) is 90.0 Å². The third-order valence-corrected chi connectivity index (χ3v) is 12.4. The molecule has 0 aliphatic carbocycles. The zero-order chi connectivity index (χ0) is 62.0. The summed E-state index contributed by atoms with van der Waals surface area (Å²) in [7, 11) is 6.10. The van der Waals surface area contributed by atoms with Crippen LogP contribution < -0.4 is 26.6 Å². The Morgan fingerprint density at radius 1 is 0.305 bits per heavy atom. The van der Waals surface area contributed by atoms with Crippen LogP contribution in [0, 0.1) is 0 Å². The van der Waals surface area contributed by atoms with Crippen molar-refractivity contribution in [2.45, 2.75) is 201 Å². The average Bonchev–Trinajstić information content (AvgIpc) is 3.47. The number of nitrogens with zero attached hydrogens (tertiary/aromatic N) is 3. The van der Waals surface area contributed by atoms with Crippen molar-refractivity contribution in [1.29, 1.82) is 0 Å². The Labute approximate surface area is 500 Å². The van der Waals surface area contributed by atoms with Gasteiger partial charge in [0.2, 0.25) is 47.3 Å². The van der Waals surface area contributed by atoms with Crippen LogP contribution in [0.15, 0.2) is 0 Å². The predicted octanol–water partition coefficient (Wildman–Crippen LogP) is 4.15. The topological polar surface area (TPSA) is 350 Å². The standard InChI is InChI=1S/C30H52N4O7.C16H27N3O5.C11H20N2O3.W/c1-4-24(35)14-9-7-13-21-33-29(40)23-34(22-26(37)16-8-5-6-10-17-27(38)31-2)30(41)20-19-25(36)15-11-12-18-28(39)32-3;1-3-12(20)10-19(11-15(23)18-2)16(24)9-8-13(21)6-4-5-7-14(17)22;1-4-6-11(16)13(7-9(14)5-2)8-10(15)12-3;/h4-23H2,1-3H3,(H,31,38)(H,32,39)(H,33,40);3-11H2,1-2H3,(H3,17,18,22,23);4-8H2,1-3H3,(H,12,15);/p-1. The van der Waals surface area contributed by atoms with E-state index in [-0.39, 0.29) is 188 Å². The molecule has 0 aliphatic heterocycles. The van der Waals surface area contributed by atoms with Crippen LogP contribution in [0.4, 0.5) is 0 Å². The van der Waals surface area contributed by atoms with E-state index in [2.05, 4.69) is 26.6 Å². The molecule has 0 spiro atoms. The first-order valence-corrected chi connectivity index (χ1v) is 28.7. The van der Waals surface area contributed by atoms with Crippen molar-refractivity contribution in [1.82, 2.24) is 41.3 Å². The molecule has 6 N–H and O–H groups in total. The second kappa shape index (κ2) is 54.2. The number of amides is 9. The van der Waals surface area contributed by atoms with Crippen LogP contribution in [0.3, 0.4) is 0 Å². The number of Topliss-reactive ketones (excluding diaryl/α,β-unsaturated/α-hetero) is 6. The fourth-order valence-corrected chi connectivity index (χ4v) is 7.26. The largest absolute Gasteiger partial charge is 0.668 e. The molecular formula is C57H98N9O15W-. The van der Waals surface area contributed by atoms with Crippen molar-refractivity contribution >= 4 is 87.9 Å². The Balaban J connectivity index is -0.000000624. The molecule has 0 saturated heterocycles. The Hall–Kier alpha value is -6.06. The number of carbonyl (C=O) groups is 15. The van der Waals surface area contributed by atoms with Gasteiger partial charge in [0.25, 0.3) is 0 Å². The van der Waals surface area contributed by atoms with Crippen LogP contribution in [-0.4, -0.2) is 177 Å². The molecule has 82 heavy (non-hydrogen) atoms. The molecule has 0 heterocycles. The summed E-state index contributed by atoms with van der Waals surface area (Å²) in [6.45, 7) is 6.75. The van der Waals surface area contributed by atoms with E-state index in [1.165, 1.54) is 23.9 Å². The SMILES string of the molecule is CCC(=O)CCCCCNC(=O)CN(CC(=O)CCCCCCC(=O)NC)C(=O)CCC(=O)CCCCC(=O)NC.CCC(=O)CN(CC(=O)NC)C(=O)CCC(=O)CCCCC([NH-])=O.CCCC(=O)N(CC(=O)CC)CC(=O)NC.[W]. The second-order valence-electron chi connectivity index (χ2n) is 19.4. The summed E-state index contributed by atoms with van der Waals surface area (Å²) < 4.78 is 0. The number of hydrogen-bond donors (Lipinski definition) is 5. The number of rotatable bonds is 46. The summed E-state index contributed by atoms with van der Waals surface area (Å²) in [5.74, 6) is -3.04. The van der Waals surface area contributed by atoms with E-state index in [1.54, 1.807) is 27.9 Å². The molecule has 9 amide bonds. The third-order valence-electron chi connectivity index (χ3n) is 12.4. The van der Waals surface area contributed by atoms with Crippen LogP contribution >= 0.6 is 0 Å². The summed E-state index contributed by atoms with van der Waals surface area (Å²) in [6.07, 6.45) is 11.8. The first-order valence-electron chi connectivity index (χ1n) is 28.7. The van der Waals surface area contributed by atoms with Crippen LogP contribution in [0.1, 0.15) is 201 Å². The molecule has 0 aromatic heterocycles. The van der Waals surface area contributed by atoms with Gasteiger partial charge in [0.15, 0.2) is 17.3 Å². The van der Waals surface area contributed by atoms with Crippen molar-refractivity contribution in [2.24, 2.45) is 0 Å². The molecule has 0 aromatic rings. The van der Waals surface area contributed by atoms with Gasteiger partial charge >= 0.3 is 0 Å². The Bertz CT molecular complexity index is 1930. The zero-order valence-corrected chi connectivity index (χ0v) is 53.3.